The van der Waals surface area contributed by atoms with Gasteiger partial charge >= 0.3 is 0 Å². The lowest BCUT2D eigenvalue weighted by molar-refractivity contribution is -0.140. The highest BCUT2D eigenvalue weighted by Crippen LogP contribution is 2.35. The molecule has 116 valence electrons. The molecule has 1 atom stereocenters. The van der Waals surface area contributed by atoms with Crippen LogP contribution >= 0.6 is 23.2 Å². The van der Waals surface area contributed by atoms with Gasteiger partial charge in [-0.3, -0.25) is 14.5 Å². The highest BCUT2D eigenvalue weighted by Gasteiger charge is 2.41. The summed E-state index contributed by atoms with van der Waals surface area (Å²) in [4.78, 5) is 25.9. The van der Waals surface area contributed by atoms with Crippen molar-refractivity contribution in [2.45, 2.75) is 12.5 Å². The average molecular weight is 346 g/mol. The molecule has 0 aliphatic carbocycles. The minimum atomic E-state index is -0.550. The molecule has 3 nitrogen and oxygen atoms in total. The van der Waals surface area contributed by atoms with Crippen LogP contribution in [0.2, 0.25) is 0 Å². The predicted octanol–water partition coefficient (Wildman–Crippen LogP) is 4.03. The lowest BCUT2D eigenvalue weighted by Crippen LogP contribution is -2.36. The van der Waals surface area contributed by atoms with Gasteiger partial charge in [0.05, 0.1) is 6.04 Å². The van der Waals surface area contributed by atoms with E-state index in [4.69, 9.17) is 23.2 Å². The second-order valence-corrected chi connectivity index (χ2v) is 5.98. The number of hydrogen-bond donors (Lipinski definition) is 0. The lowest BCUT2D eigenvalue weighted by atomic mass is 9.97. The number of rotatable bonds is 4. The third kappa shape index (κ3) is 3.03. The van der Waals surface area contributed by atoms with Gasteiger partial charge in [0.2, 0.25) is 0 Å². The molecule has 2 aromatic rings. The Labute approximate surface area is 144 Å². The fourth-order valence-corrected chi connectivity index (χ4v) is 2.99. The van der Waals surface area contributed by atoms with Crippen molar-refractivity contribution < 1.29 is 9.59 Å². The summed E-state index contributed by atoms with van der Waals surface area (Å²) in [6.45, 7) is 0. The van der Waals surface area contributed by atoms with Crippen molar-refractivity contribution in [1.29, 1.82) is 0 Å². The minimum Gasteiger partial charge on any atom is -0.267 e. The molecule has 1 heterocycles. The van der Waals surface area contributed by atoms with E-state index >= 15 is 0 Å². The summed E-state index contributed by atoms with van der Waals surface area (Å²) in [5.74, 6) is -1.10. The molecule has 0 saturated heterocycles. The Morgan fingerprint density at radius 1 is 0.783 bits per heavy atom. The molecule has 0 fully saturated rings. The predicted molar refractivity (Wildman–Crippen MR) is 89.9 cm³/mol. The van der Waals surface area contributed by atoms with Gasteiger partial charge in [-0.2, -0.15) is 0 Å². The van der Waals surface area contributed by atoms with Crippen molar-refractivity contribution in [3.8, 4) is 0 Å². The summed E-state index contributed by atoms with van der Waals surface area (Å²) < 4.78 is 0. The fraction of sp³-hybridized carbons (Fsp3) is 0.111. The van der Waals surface area contributed by atoms with Gasteiger partial charge in [0.25, 0.3) is 11.8 Å². The van der Waals surface area contributed by atoms with Crippen molar-refractivity contribution in [3.63, 3.8) is 0 Å². The molecule has 0 bridgehead atoms. The van der Waals surface area contributed by atoms with Crippen molar-refractivity contribution in [3.05, 3.63) is 81.9 Å². The standard InChI is InChI=1S/C18H13Cl2NO2/c19-15-16(20)18(23)21(17(15)22)14(13-9-5-2-6-10-13)11-12-7-3-1-4-8-12/h1-10,14H,11H2. The smallest absolute Gasteiger partial charge is 0.267 e. The molecule has 0 spiro atoms. The highest BCUT2D eigenvalue weighted by atomic mass is 35.5. The zero-order valence-corrected chi connectivity index (χ0v) is 13.6. The Hall–Kier alpha value is -2.10. The van der Waals surface area contributed by atoms with E-state index in [-0.39, 0.29) is 10.1 Å². The van der Waals surface area contributed by atoms with E-state index in [0.29, 0.717) is 6.42 Å². The molecule has 23 heavy (non-hydrogen) atoms. The van der Waals surface area contributed by atoms with Gasteiger partial charge < -0.3 is 0 Å². The molecule has 1 aliphatic heterocycles. The monoisotopic (exact) mass is 345 g/mol. The Morgan fingerprint density at radius 3 is 1.78 bits per heavy atom. The molecule has 2 amide bonds. The van der Waals surface area contributed by atoms with Crippen molar-refractivity contribution in [2.75, 3.05) is 0 Å². The second kappa shape index (κ2) is 6.57. The van der Waals surface area contributed by atoms with Crippen LogP contribution in [-0.4, -0.2) is 16.7 Å². The summed E-state index contributed by atoms with van der Waals surface area (Å²) in [5, 5.41) is -0.434. The number of benzene rings is 2. The summed E-state index contributed by atoms with van der Waals surface area (Å²) in [7, 11) is 0. The molecule has 0 aromatic heterocycles. The Kier molecular flexibility index (Phi) is 4.51. The average Bonchev–Trinajstić information content (AvgIpc) is 2.78. The van der Waals surface area contributed by atoms with Gasteiger partial charge in [0.1, 0.15) is 10.1 Å². The summed E-state index contributed by atoms with van der Waals surface area (Å²) in [6.07, 6.45) is 0.497. The van der Waals surface area contributed by atoms with Crippen LogP contribution < -0.4 is 0 Å². The van der Waals surface area contributed by atoms with E-state index in [1.807, 2.05) is 60.7 Å². The van der Waals surface area contributed by atoms with E-state index in [9.17, 15) is 9.59 Å². The van der Waals surface area contributed by atoms with Crippen LogP contribution in [0.15, 0.2) is 70.7 Å². The van der Waals surface area contributed by atoms with Crippen LogP contribution in [0.4, 0.5) is 0 Å². The maximum atomic E-state index is 12.4. The first-order valence-electron chi connectivity index (χ1n) is 7.11. The van der Waals surface area contributed by atoms with E-state index in [2.05, 4.69) is 0 Å². The third-order valence-corrected chi connectivity index (χ3v) is 4.57. The first-order valence-corrected chi connectivity index (χ1v) is 7.87. The number of carbonyl (C=O) groups is 2. The first kappa shape index (κ1) is 15.8. The van der Waals surface area contributed by atoms with Crippen LogP contribution in [0.3, 0.4) is 0 Å². The first-order chi connectivity index (χ1) is 11.1. The van der Waals surface area contributed by atoms with Gasteiger partial charge in [0.15, 0.2) is 0 Å². The Bertz CT molecular complexity index is 748. The zero-order valence-electron chi connectivity index (χ0n) is 12.1. The third-order valence-electron chi connectivity index (χ3n) is 3.77. The van der Waals surface area contributed by atoms with Gasteiger partial charge in [-0.25, -0.2) is 0 Å². The van der Waals surface area contributed by atoms with E-state index < -0.39 is 17.9 Å². The number of hydrogen-bond acceptors (Lipinski definition) is 2. The maximum absolute atomic E-state index is 12.4. The van der Waals surface area contributed by atoms with Crippen molar-refractivity contribution >= 4 is 35.0 Å². The lowest BCUT2D eigenvalue weighted by Gasteiger charge is -2.27. The number of carbonyl (C=O) groups excluding carboxylic acids is 2. The topological polar surface area (TPSA) is 37.4 Å². The molecular weight excluding hydrogens is 333 g/mol. The van der Waals surface area contributed by atoms with Gasteiger partial charge in [-0.1, -0.05) is 83.9 Å². The van der Waals surface area contributed by atoms with Gasteiger partial charge in [-0.15, -0.1) is 0 Å². The van der Waals surface area contributed by atoms with Crippen LogP contribution in [0.25, 0.3) is 0 Å². The molecule has 2 aromatic carbocycles. The molecule has 1 aliphatic rings. The number of amides is 2. The molecular formula is C18H13Cl2NO2. The van der Waals surface area contributed by atoms with Crippen LogP contribution in [-0.2, 0) is 16.0 Å². The quantitative estimate of drug-likeness (QED) is 0.784. The SMILES string of the molecule is O=C1C(Cl)=C(Cl)C(=O)N1C(Cc1ccccc1)c1ccccc1. The summed E-state index contributed by atoms with van der Waals surface area (Å²) >= 11 is 11.7. The molecule has 0 N–H and O–H groups in total. The fourth-order valence-electron chi connectivity index (χ4n) is 2.65. The van der Waals surface area contributed by atoms with Gasteiger partial charge in [0, 0.05) is 0 Å². The Balaban J connectivity index is 2.00. The zero-order chi connectivity index (χ0) is 16.4. The van der Waals surface area contributed by atoms with Crippen molar-refractivity contribution in [1.82, 2.24) is 4.90 Å². The second-order valence-electron chi connectivity index (χ2n) is 5.22. The minimum absolute atomic E-state index is 0.217. The van der Waals surface area contributed by atoms with Crippen LogP contribution in [0.1, 0.15) is 17.2 Å². The van der Waals surface area contributed by atoms with E-state index in [1.54, 1.807) is 0 Å². The Morgan fingerprint density at radius 2 is 1.26 bits per heavy atom. The molecule has 1 unspecified atom stereocenters. The van der Waals surface area contributed by atoms with Crippen LogP contribution in [0.5, 0.6) is 0 Å². The normalized spacial score (nSPS) is 16.2. The molecule has 3 rings (SSSR count). The number of halogens is 2. The van der Waals surface area contributed by atoms with Crippen LogP contribution in [0, 0.1) is 0 Å². The van der Waals surface area contributed by atoms with Gasteiger partial charge in [-0.05, 0) is 17.5 Å². The summed E-state index contributed by atoms with van der Waals surface area (Å²) in [6, 6.07) is 18.6. The van der Waals surface area contributed by atoms with E-state index in [0.717, 1.165) is 16.0 Å². The van der Waals surface area contributed by atoms with Crippen molar-refractivity contribution in [2.24, 2.45) is 0 Å². The maximum Gasteiger partial charge on any atom is 0.274 e. The number of nitrogens with zero attached hydrogens (tertiary/aromatic N) is 1. The molecule has 0 saturated carbocycles. The number of imide groups is 1. The molecule has 5 heteroatoms. The highest BCUT2D eigenvalue weighted by molar-refractivity contribution is 6.58. The summed E-state index contributed by atoms with van der Waals surface area (Å²) in [5.41, 5.74) is 1.87. The van der Waals surface area contributed by atoms with E-state index in [1.165, 1.54) is 0 Å². The molecule has 0 radical (unpaired) electrons. The largest absolute Gasteiger partial charge is 0.274 e.